The summed E-state index contributed by atoms with van der Waals surface area (Å²) in [4.78, 5) is 17.3. The summed E-state index contributed by atoms with van der Waals surface area (Å²) >= 11 is 0. The number of anilines is 1. The van der Waals surface area contributed by atoms with Crippen molar-refractivity contribution in [2.75, 3.05) is 5.32 Å². The van der Waals surface area contributed by atoms with E-state index in [0.29, 0.717) is 17.9 Å². The Labute approximate surface area is 176 Å². The molecule has 0 aliphatic heterocycles. The Balaban J connectivity index is 1.57. The molecular formula is C23H16FN5O2. The van der Waals surface area contributed by atoms with Crippen LogP contribution < -0.4 is 5.32 Å². The smallest absolute Gasteiger partial charge is 0.256 e. The summed E-state index contributed by atoms with van der Waals surface area (Å²) in [7, 11) is 0. The van der Waals surface area contributed by atoms with Gasteiger partial charge in [0.2, 0.25) is 5.82 Å². The molecule has 2 heterocycles. The van der Waals surface area contributed by atoms with Crippen LogP contribution in [0.25, 0.3) is 22.6 Å². The second kappa shape index (κ2) is 7.83. The van der Waals surface area contributed by atoms with Crippen molar-refractivity contribution in [3.63, 3.8) is 0 Å². The highest BCUT2D eigenvalue weighted by molar-refractivity contribution is 6.05. The lowest BCUT2D eigenvalue weighted by Gasteiger charge is -2.09. The van der Waals surface area contributed by atoms with Gasteiger partial charge in [-0.15, -0.1) is 0 Å². The number of imidazole rings is 1. The Morgan fingerprint density at radius 1 is 0.968 bits per heavy atom. The van der Waals surface area contributed by atoms with E-state index in [1.165, 1.54) is 12.1 Å². The molecule has 8 heteroatoms. The van der Waals surface area contributed by atoms with Crippen molar-refractivity contribution in [2.45, 2.75) is 6.54 Å². The number of hydrogen-bond acceptors (Lipinski definition) is 5. The maximum atomic E-state index is 13.7. The third-order valence-electron chi connectivity index (χ3n) is 4.85. The van der Waals surface area contributed by atoms with Crippen LogP contribution in [-0.4, -0.2) is 25.8 Å². The normalized spacial score (nSPS) is 11.0. The average Bonchev–Trinajstić information content (AvgIpc) is 3.39. The van der Waals surface area contributed by atoms with E-state index in [2.05, 4.69) is 20.6 Å². The van der Waals surface area contributed by atoms with E-state index in [9.17, 15) is 9.18 Å². The zero-order chi connectivity index (χ0) is 21.2. The zero-order valence-electron chi connectivity index (χ0n) is 16.2. The molecule has 31 heavy (non-hydrogen) atoms. The first-order valence-electron chi connectivity index (χ1n) is 9.58. The summed E-state index contributed by atoms with van der Waals surface area (Å²) in [6.45, 7) is 0.354. The van der Waals surface area contributed by atoms with Crippen molar-refractivity contribution in [3.05, 3.63) is 95.8 Å². The number of amides is 1. The summed E-state index contributed by atoms with van der Waals surface area (Å²) in [5.41, 5.74) is 3.10. The van der Waals surface area contributed by atoms with Crippen molar-refractivity contribution in [1.82, 2.24) is 19.9 Å². The van der Waals surface area contributed by atoms with E-state index in [4.69, 9.17) is 4.63 Å². The number of fused-ring (bicyclic) bond motifs is 1. The summed E-state index contributed by atoms with van der Waals surface area (Å²) in [6.07, 6.45) is 0. The minimum absolute atomic E-state index is 0.157. The fourth-order valence-corrected chi connectivity index (χ4v) is 3.42. The van der Waals surface area contributed by atoms with Gasteiger partial charge in [-0.3, -0.25) is 4.79 Å². The van der Waals surface area contributed by atoms with Gasteiger partial charge >= 0.3 is 0 Å². The van der Waals surface area contributed by atoms with Crippen molar-refractivity contribution in [2.24, 2.45) is 0 Å². The number of hydrogen-bond donors (Lipinski definition) is 1. The second-order valence-electron chi connectivity index (χ2n) is 6.92. The Bertz CT molecular complexity index is 1380. The van der Waals surface area contributed by atoms with Crippen LogP contribution >= 0.6 is 0 Å². The molecule has 0 fully saturated rings. The van der Waals surface area contributed by atoms with E-state index in [1.807, 2.05) is 41.0 Å². The van der Waals surface area contributed by atoms with Crippen LogP contribution in [0.5, 0.6) is 0 Å². The second-order valence-corrected chi connectivity index (χ2v) is 6.92. The van der Waals surface area contributed by atoms with Crippen LogP contribution in [0.1, 0.15) is 15.9 Å². The zero-order valence-corrected chi connectivity index (χ0v) is 16.2. The predicted octanol–water partition coefficient (Wildman–Crippen LogP) is 4.53. The van der Waals surface area contributed by atoms with E-state index in [1.54, 1.807) is 30.3 Å². The van der Waals surface area contributed by atoms with Crippen LogP contribution in [0.15, 0.2) is 83.5 Å². The summed E-state index contributed by atoms with van der Waals surface area (Å²) in [5.74, 6) is -0.0487. The number of nitrogens with one attached hydrogen (secondary N) is 1. The fourth-order valence-electron chi connectivity index (χ4n) is 3.42. The molecular weight excluding hydrogens is 397 g/mol. The summed E-state index contributed by atoms with van der Waals surface area (Å²) in [6, 6.07) is 22.7. The highest BCUT2D eigenvalue weighted by atomic mass is 19.1. The van der Waals surface area contributed by atoms with Gasteiger partial charge < -0.3 is 9.88 Å². The number of rotatable bonds is 5. The highest BCUT2D eigenvalue weighted by Gasteiger charge is 2.22. The van der Waals surface area contributed by atoms with Gasteiger partial charge in [0.25, 0.3) is 5.91 Å². The van der Waals surface area contributed by atoms with E-state index in [0.717, 1.165) is 16.6 Å². The average molecular weight is 413 g/mol. The van der Waals surface area contributed by atoms with Crippen molar-refractivity contribution in [1.29, 1.82) is 0 Å². The molecule has 0 spiro atoms. The molecule has 0 bridgehead atoms. The Hall–Kier alpha value is -4.33. The molecule has 1 N–H and O–H groups in total. The monoisotopic (exact) mass is 413 g/mol. The molecule has 0 radical (unpaired) electrons. The largest absolute Gasteiger partial charge is 0.318 e. The quantitative estimate of drug-likeness (QED) is 0.458. The van der Waals surface area contributed by atoms with Gasteiger partial charge in [0, 0.05) is 12.1 Å². The van der Waals surface area contributed by atoms with Gasteiger partial charge in [-0.05, 0) is 52.3 Å². The molecule has 0 atom stereocenters. The van der Waals surface area contributed by atoms with Crippen LogP contribution in [0, 0.1) is 5.82 Å². The van der Waals surface area contributed by atoms with E-state index in [-0.39, 0.29) is 23.2 Å². The molecule has 0 aliphatic rings. The number of benzene rings is 3. The van der Waals surface area contributed by atoms with Gasteiger partial charge in [0.1, 0.15) is 5.82 Å². The van der Waals surface area contributed by atoms with E-state index >= 15 is 0 Å². The predicted molar refractivity (Wildman–Crippen MR) is 113 cm³/mol. The third-order valence-corrected chi connectivity index (χ3v) is 4.85. The van der Waals surface area contributed by atoms with Crippen LogP contribution in [0.4, 0.5) is 10.2 Å². The van der Waals surface area contributed by atoms with Gasteiger partial charge in [-0.25, -0.2) is 14.0 Å². The first kappa shape index (κ1) is 18.7. The van der Waals surface area contributed by atoms with Crippen molar-refractivity contribution < 1.29 is 13.8 Å². The standard InChI is InChI=1S/C23H16FN5O2/c24-17-10-6-7-15(13-17)14-29-19-12-5-4-11-18(19)25-22(29)20-21(28-31-27-20)26-23(30)16-8-2-1-3-9-16/h1-13H,14H2,(H,26,28,30). The Kier molecular flexibility index (Phi) is 4.72. The number of nitrogens with zero attached hydrogens (tertiary/aromatic N) is 4. The third kappa shape index (κ3) is 3.66. The number of carbonyl (C=O) groups is 1. The van der Waals surface area contributed by atoms with Gasteiger partial charge in [-0.1, -0.05) is 42.5 Å². The lowest BCUT2D eigenvalue weighted by molar-refractivity contribution is 0.102. The lowest BCUT2D eigenvalue weighted by Crippen LogP contribution is -2.13. The number of halogens is 1. The Morgan fingerprint density at radius 2 is 1.77 bits per heavy atom. The molecule has 5 rings (SSSR count). The number of para-hydroxylation sites is 2. The van der Waals surface area contributed by atoms with Gasteiger partial charge in [0.05, 0.1) is 11.0 Å². The molecule has 5 aromatic rings. The summed E-state index contributed by atoms with van der Waals surface area (Å²) < 4.78 is 20.6. The molecule has 0 saturated carbocycles. The first-order valence-corrected chi connectivity index (χ1v) is 9.58. The molecule has 1 amide bonds. The maximum Gasteiger partial charge on any atom is 0.256 e. The minimum Gasteiger partial charge on any atom is -0.318 e. The minimum atomic E-state index is -0.342. The van der Waals surface area contributed by atoms with Crippen molar-refractivity contribution in [3.8, 4) is 11.5 Å². The fraction of sp³-hybridized carbons (Fsp3) is 0.0435. The van der Waals surface area contributed by atoms with Gasteiger partial charge in [0.15, 0.2) is 11.5 Å². The first-order chi connectivity index (χ1) is 15.2. The summed E-state index contributed by atoms with van der Waals surface area (Å²) in [5, 5.41) is 10.6. The van der Waals surface area contributed by atoms with Gasteiger partial charge in [-0.2, -0.15) is 0 Å². The lowest BCUT2D eigenvalue weighted by atomic mass is 10.2. The highest BCUT2D eigenvalue weighted by Crippen LogP contribution is 2.29. The van der Waals surface area contributed by atoms with Crippen LogP contribution in [-0.2, 0) is 6.54 Å². The molecule has 0 saturated heterocycles. The number of aromatic nitrogens is 4. The van der Waals surface area contributed by atoms with E-state index < -0.39 is 0 Å². The van der Waals surface area contributed by atoms with Crippen molar-refractivity contribution >= 4 is 22.8 Å². The van der Waals surface area contributed by atoms with Crippen LogP contribution in [0.3, 0.4) is 0 Å². The molecule has 7 nitrogen and oxygen atoms in total. The maximum absolute atomic E-state index is 13.7. The number of carbonyl (C=O) groups excluding carboxylic acids is 1. The van der Waals surface area contributed by atoms with Crippen LogP contribution in [0.2, 0.25) is 0 Å². The topological polar surface area (TPSA) is 85.8 Å². The molecule has 0 unspecified atom stereocenters. The SMILES string of the molecule is O=C(Nc1nonc1-c1nc2ccccc2n1Cc1cccc(F)c1)c1ccccc1. The molecule has 3 aromatic carbocycles. The Morgan fingerprint density at radius 3 is 2.61 bits per heavy atom. The molecule has 2 aromatic heterocycles. The molecule has 0 aliphatic carbocycles. The molecule has 152 valence electrons.